The van der Waals surface area contributed by atoms with Crippen molar-refractivity contribution >= 4 is 46.6 Å². The maximum absolute atomic E-state index is 13.0. The lowest BCUT2D eigenvalue weighted by Crippen LogP contribution is -2.30. The van der Waals surface area contributed by atoms with Crippen LogP contribution in [0.25, 0.3) is 6.08 Å². The molecule has 3 rings (SSSR count). The normalized spacial score (nSPS) is 14.8. The molecule has 1 saturated heterocycles. The van der Waals surface area contributed by atoms with E-state index in [2.05, 4.69) is 27.9 Å². The fourth-order valence-corrected chi connectivity index (χ4v) is 3.41. The Hall–Kier alpha value is -2.95. The van der Waals surface area contributed by atoms with E-state index in [4.69, 9.17) is 9.47 Å². The summed E-state index contributed by atoms with van der Waals surface area (Å²) in [4.78, 5) is 37.3. The van der Waals surface area contributed by atoms with Crippen LogP contribution in [0, 0.1) is 9.39 Å². The average molecular weight is 524 g/mol. The van der Waals surface area contributed by atoms with Gasteiger partial charge in [-0.1, -0.05) is 18.2 Å². The number of carbonyl (C=O) groups excluding carboxylic acids is 3. The van der Waals surface area contributed by atoms with Gasteiger partial charge in [0.05, 0.1) is 16.7 Å². The van der Waals surface area contributed by atoms with Gasteiger partial charge in [0.15, 0.2) is 6.61 Å². The standard InChI is InChI=1S/C21H18FIN2O5/c1-2-29-19(26)12-30-18-8-5-14(9-16(18)23)10-17-20(27)25(21(28)24-17)11-13-3-6-15(22)7-4-13/h3-10H,2,11-12H2,1H3,(H,24,28)/b17-10+. The van der Waals surface area contributed by atoms with Crippen LogP contribution in [-0.2, 0) is 20.9 Å². The minimum atomic E-state index is -0.542. The fraction of sp³-hybridized carbons (Fsp3) is 0.190. The van der Waals surface area contributed by atoms with E-state index in [1.165, 1.54) is 24.3 Å². The summed E-state index contributed by atoms with van der Waals surface area (Å²) in [5, 5.41) is 2.55. The summed E-state index contributed by atoms with van der Waals surface area (Å²) < 4.78 is 24.0. The molecule has 0 aliphatic carbocycles. The van der Waals surface area contributed by atoms with Crippen molar-refractivity contribution in [2.75, 3.05) is 13.2 Å². The number of halogens is 2. The first-order valence-electron chi connectivity index (χ1n) is 9.04. The Labute approximate surface area is 186 Å². The number of benzene rings is 2. The van der Waals surface area contributed by atoms with Crippen LogP contribution in [0.1, 0.15) is 18.1 Å². The van der Waals surface area contributed by atoms with Crippen molar-refractivity contribution in [1.82, 2.24) is 10.2 Å². The molecule has 9 heteroatoms. The molecule has 0 aromatic heterocycles. The Morgan fingerprint density at radius 3 is 2.60 bits per heavy atom. The number of carbonyl (C=O) groups is 3. The largest absolute Gasteiger partial charge is 0.481 e. The Balaban J connectivity index is 1.69. The van der Waals surface area contributed by atoms with Crippen molar-refractivity contribution in [1.29, 1.82) is 0 Å². The Morgan fingerprint density at radius 1 is 1.20 bits per heavy atom. The van der Waals surface area contributed by atoms with E-state index in [-0.39, 0.29) is 31.3 Å². The van der Waals surface area contributed by atoms with Gasteiger partial charge in [-0.15, -0.1) is 0 Å². The third kappa shape index (κ3) is 5.35. The van der Waals surface area contributed by atoms with Gasteiger partial charge in [0, 0.05) is 0 Å². The van der Waals surface area contributed by atoms with Crippen molar-refractivity contribution in [2.45, 2.75) is 13.5 Å². The smallest absolute Gasteiger partial charge is 0.344 e. The number of rotatable bonds is 7. The van der Waals surface area contributed by atoms with Crippen molar-refractivity contribution < 1.29 is 28.2 Å². The number of urea groups is 1. The molecule has 7 nitrogen and oxygen atoms in total. The monoisotopic (exact) mass is 524 g/mol. The van der Waals surface area contributed by atoms with Gasteiger partial charge in [0.25, 0.3) is 5.91 Å². The van der Waals surface area contributed by atoms with Crippen LogP contribution in [0.5, 0.6) is 5.75 Å². The minimum absolute atomic E-state index is 0.0421. The lowest BCUT2D eigenvalue weighted by Gasteiger charge is -2.11. The number of imide groups is 1. The molecule has 0 radical (unpaired) electrons. The van der Waals surface area contributed by atoms with Gasteiger partial charge in [-0.25, -0.2) is 14.0 Å². The van der Waals surface area contributed by atoms with Gasteiger partial charge in [-0.05, 0) is 71.0 Å². The summed E-state index contributed by atoms with van der Waals surface area (Å²) >= 11 is 2.05. The molecule has 0 atom stereocenters. The molecule has 0 unspecified atom stereocenters. The molecule has 3 amide bonds. The molecule has 156 valence electrons. The highest BCUT2D eigenvalue weighted by Gasteiger charge is 2.33. The quantitative estimate of drug-likeness (QED) is 0.260. The second-order valence-corrected chi connectivity index (χ2v) is 7.45. The van der Waals surface area contributed by atoms with Gasteiger partial charge < -0.3 is 14.8 Å². The summed E-state index contributed by atoms with van der Waals surface area (Å²) in [6.07, 6.45) is 1.56. The molecule has 2 aromatic rings. The summed E-state index contributed by atoms with van der Waals surface area (Å²) in [7, 11) is 0. The Kier molecular flexibility index (Phi) is 7.03. The zero-order chi connectivity index (χ0) is 21.7. The highest BCUT2D eigenvalue weighted by atomic mass is 127. The van der Waals surface area contributed by atoms with Crippen LogP contribution in [0.2, 0.25) is 0 Å². The molecule has 1 N–H and O–H groups in total. The maximum atomic E-state index is 13.0. The fourth-order valence-electron chi connectivity index (χ4n) is 2.72. The molecule has 0 saturated carbocycles. The first-order valence-corrected chi connectivity index (χ1v) is 10.1. The van der Waals surface area contributed by atoms with Crippen LogP contribution in [0.15, 0.2) is 48.2 Å². The van der Waals surface area contributed by atoms with E-state index >= 15 is 0 Å². The molecule has 2 aromatic carbocycles. The lowest BCUT2D eigenvalue weighted by atomic mass is 10.1. The second kappa shape index (κ2) is 9.70. The molecule has 1 fully saturated rings. The summed E-state index contributed by atoms with van der Waals surface area (Å²) in [5.41, 5.74) is 1.45. The van der Waals surface area contributed by atoms with Gasteiger partial charge in [0.2, 0.25) is 0 Å². The van der Waals surface area contributed by atoms with Gasteiger partial charge >= 0.3 is 12.0 Å². The highest BCUT2D eigenvalue weighted by Crippen LogP contribution is 2.24. The second-order valence-electron chi connectivity index (χ2n) is 6.29. The van der Waals surface area contributed by atoms with Crippen LogP contribution < -0.4 is 10.1 Å². The summed E-state index contributed by atoms with van der Waals surface area (Å²) in [6.45, 7) is 1.84. The van der Waals surface area contributed by atoms with E-state index in [1.54, 1.807) is 31.2 Å². The number of nitrogens with zero attached hydrogens (tertiary/aromatic N) is 1. The zero-order valence-electron chi connectivity index (χ0n) is 16.0. The molecule has 1 aliphatic heterocycles. The number of amides is 3. The molecule has 0 spiro atoms. The number of nitrogens with one attached hydrogen (secondary N) is 1. The third-order valence-corrected chi connectivity index (χ3v) is 4.98. The maximum Gasteiger partial charge on any atom is 0.344 e. The first-order chi connectivity index (χ1) is 14.4. The van der Waals surface area contributed by atoms with Gasteiger partial charge in [-0.3, -0.25) is 9.69 Å². The van der Waals surface area contributed by atoms with Crippen LogP contribution in [0.3, 0.4) is 0 Å². The number of hydrogen-bond donors (Lipinski definition) is 1. The van der Waals surface area contributed by atoms with Crippen LogP contribution in [-0.4, -0.2) is 36.0 Å². The van der Waals surface area contributed by atoms with E-state index in [9.17, 15) is 18.8 Å². The number of esters is 1. The number of ether oxygens (including phenoxy) is 2. The molecular weight excluding hydrogens is 506 g/mol. The van der Waals surface area contributed by atoms with E-state index in [1.807, 2.05) is 0 Å². The first kappa shape index (κ1) is 21.8. The molecular formula is C21H18FIN2O5. The predicted molar refractivity (Wildman–Crippen MR) is 115 cm³/mol. The minimum Gasteiger partial charge on any atom is -0.481 e. The van der Waals surface area contributed by atoms with E-state index in [0.717, 1.165) is 8.47 Å². The van der Waals surface area contributed by atoms with Crippen LogP contribution >= 0.6 is 22.6 Å². The van der Waals surface area contributed by atoms with Crippen LogP contribution in [0.4, 0.5) is 9.18 Å². The third-order valence-electron chi connectivity index (χ3n) is 4.13. The van der Waals surface area contributed by atoms with Crippen molar-refractivity contribution in [3.63, 3.8) is 0 Å². The van der Waals surface area contributed by atoms with E-state index < -0.39 is 17.9 Å². The highest BCUT2D eigenvalue weighted by molar-refractivity contribution is 14.1. The van der Waals surface area contributed by atoms with Crippen molar-refractivity contribution in [3.8, 4) is 5.75 Å². The molecule has 30 heavy (non-hydrogen) atoms. The lowest BCUT2D eigenvalue weighted by molar-refractivity contribution is -0.145. The van der Waals surface area contributed by atoms with E-state index in [0.29, 0.717) is 16.9 Å². The Morgan fingerprint density at radius 2 is 1.93 bits per heavy atom. The average Bonchev–Trinajstić information content (AvgIpc) is 2.96. The molecule has 1 aliphatic rings. The Bertz CT molecular complexity index is 1010. The summed E-state index contributed by atoms with van der Waals surface area (Å²) in [5.74, 6) is -0.812. The topological polar surface area (TPSA) is 84.9 Å². The predicted octanol–water partition coefficient (Wildman–Crippen LogP) is 3.47. The van der Waals surface area contributed by atoms with Gasteiger partial charge in [0.1, 0.15) is 17.3 Å². The van der Waals surface area contributed by atoms with Crippen molar-refractivity contribution in [2.24, 2.45) is 0 Å². The van der Waals surface area contributed by atoms with Crippen molar-refractivity contribution in [3.05, 3.63) is 68.7 Å². The summed E-state index contributed by atoms with van der Waals surface area (Å²) in [6, 6.07) is 10.2. The van der Waals surface area contributed by atoms with Gasteiger partial charge in [-0.2, -0.15) is 0 Å². The number of hydrogen-bond acceptors (Lipinski definition) is 5. The SMILES string of the molecule is CCOC(=O)COc1ccc(/C=C2/NC(=O)N(Cc3ccc(F)cc3)C2=O)cc1I. The zero-order valence-corrected chi connectivity index (χ0v) is 18.1. The molecule has 1 heterocycles. The molecule has 0 bridgehead atoms.